The van der Waals surface area contributed by atoms with Crippen molar-refractivity contribution >= 4 is 51.6 Å². The smallest absolute Gasteiger partial charge is 0.404 e. The van der Waals surface area contributed by atoms with Crippen LogP contribution in [0.5, 0.6) is 0 Å². The van der Waals surface area contributed by atoms with Gasteiger partial charge in [-0.05, 0) is 5.18 Å². The van der Waals surface area contributed by atoms with Crippen LogP contribution >= 0.6 is 27.7 Å². The molecular weight excluding hydrogens is 452 g/mol. The number of amides is 3. The molecule has 0 bridgehead atoms. The summed E-state index contributed by atoms with van der Waals surface area (Å²) in [7, 11) is 0. The molecule has 3 atom stereocenters. The minimum absolute atomic E-state index is 0.00227. The van der Waals surface area contributed by atoms with Crippen molar-refractivity contribution in [2.75, 3.05) is 24.2 Å². The summed E-state index contributed by atoms with van der Waals surface area (Å²) in [5.74, 6) is -3.44. The molecule has 0 radical (unpaired) electrons. The van der Waals surface area contributed by atoms with E-state index < -0.39 is 58.8 Å². The van der Waals surface area contributed by atoms with Crippen LogP contribution in [0.15, 0.2) is 16.6 Å². The SMILES string of the molecule is NC(=O)OCC1(C(=O)O)CS[C@@H]2C(NC(=O)C(N=O)=C(O)CBr)C(=O)N2C1. The van der Waals surface area contributed by atoms with Gasteiger partial charge in [0.1, 0.15) is 29.2 Å². The Hall–Kier alpha value is -2.35. The zero-order valence-corrected chi connectivity index (χ0v) is 16.0. The van der Waals surface area contributed by atoms with Gasteiger partial charge in [0.25, 0.3) is 5.91 Å². The van der Waals surface area contributed by atoms with E-state index in [1.54, 1.807) is 0 Å². The van der Waals surface area contributed by atoms with Crippen molar-refractivity contribution < 1.29 is 34.1 Å². The fraction of sp³-hybridized carbons (Fsp3) is 0.538. The second kappa shape index (κ2) is 8.12. The average molecular weight is 467 g/mol. The number of carboxylic acid groups (broad SMARTS) is 1. The van der Waals surface area contributed by atoms with Crippen molar-refractivity contribution in [3.05, 3.63) is 16.4 Å². The Morgan fingerprint density at radius 2 is 2.11 bits per heavy atom. The molecule has 148 valence electrons. The summed E-state index contributed by atoms with van der Waals surface area (Å²) in [6, 6.07) is -1.01. The van der Waals surface area contributed by atoms with Gasteiger partial charge >= 0.3 is 12.1 Å². The van der Waals surface area contributed by atoms with Crippen molar-refractivity contribution in [3.63, 3.8) is 0 Å². The van der Waals surface area contributed by atoms with Crippen LogP contribution in [-0.2, 0) is 19.1 Å². The molecule has 0 aliphatic carbocycles. The Labute approximate surface area is 164 Å². The molecule has 2 rings (SSSR count). The molecule has 0 aromatic carbocycles. The van der Waals surface area contributed by atoms with Gasteiger partial charge in [-0.15, -0.1) is 16.7 Å². The highest BCUT2D eigenvalue weighted by atomic mass is 79.9. The molecular formula is C13H15BrN4O8S. The molecule has 27 heavy (non-hydrogen) atoms. The molecule has 2 aliphatic heterocycles. The molecule has 0 spiro atoms. The van der Waals surface area contributed by atoms with E-state index in [4.69, 9.17) is 5.73 Å². The first-order chi connectivity index (χ1) is 12.7. The molecule has 5 N–H and O–H groups in total. The highest BCUT2D eigenvalue weighted by molar-refractivity contribution is 9.09. The van der Waals surface area contributed by atoms with Crippen LogP contribution in [0.1, 0.15) is 0 Å². The predicted molar refractivity (Wildman–Crippen MR) is 94.7 cm³/mol. The number of primary amides is 1. The van der Waals surface area contributed by atoms with Gasteiger partial charge in [-0.3, -0.25) is 14.4 Å². The molecule has 0 aromatic heterocycles. The second-order valence-corrected chi connectivity index (χ2v) is 7.50. The summed E-state index contributed by atoms with van der Waals surface area (Å²) in [4.78, 5) is 58.7. The first-order valence-corrected chi connectivity index (χ1v) is 9.54. The topological polar surface area (TPSA) is 189 Å². The number of aliphatic hydroxyl groups excluding tert-OH is 1. The van der Waals surface area contributed by atoms with Gasteiger partial charge in [0.05, 0.1) is 5.33 Å². The van der Waals surface area contributed by atoms with Crippen molar-refractivity contribution in [2.45, 2.75) is 11.4 Å². The number of hydrogen-bond donors (Lipinski definition) is 4. The van der Waals surface area contributed by atoms with Crippen LogP contribution in [0.2, 0.25) is 0 Å². The van der Waals surface area contributed by atoms with Crippen LogP contribution in [0.4, 0.5) is 4.79 Å². The van der Waals surface area contributed by atoms with Gasteiger partial charge in [-0.1, -0.05) is 15.9 Å². The van der Waals surface area contributed by atoms with Gasteiger partial charge in [0.2, 0.25) is 11.6 Å². The number of β-lactam (4-membered cyclic amide) rings is 1. The Morgan fingerprint density at radius 1 is 1.44 bits per heavy atom. The maximum atomic E-state index is 12.3. The number of allylic oxidation sites excluding steroid dienone is 1. The Bertz CT molecular complexity index is 731. The molecule has 2 heterocycles. The lowest BCUT2D eigenvalue weighted by Gasteiger charge is -2.53. The fourth-order valence-electron chi connectivity index (χ4n) is 2.61. The molecule has 3 amide bonds. The van der Waals surface area contributed by atoms with Gasteiger partial charge < -0.3 is 30.9 Å². The molecule has 0 aromatic rings. The molecule has 2 fully saturated rings. The van der Waals surface area contributed by atoms with Crippen LogP contribution < -0.4 is 11.1 Å². The number of halogens is 1. The molecule has 14 heteroatoms. The molecule has 2 saturated heterocycles. The molecule has 2 aliphatic rings. The predicted octanol–water partition coefficient (Wildman–Crippen LogP) is -0.516. The lowest BCUT2D eigenvalue weighted by Crippen LogP contribution is -2.74. The summed E-state index contributed by atoms with van der Waals surface area (Å²) < 4.78 is 4.62. The van der Waals surface area contributed by atoms with Crippen molar-refractivity contribution in [2.24, 2.45) is 16.3 Å². The van der Waals surface area contributed by atoms with Crippen LogP contribution in [0, 0.1) is 10.3 Å². The van der Waals surface area contributed by atoms with Crippen molar-refractivity contribution in [1.29, 1.82) is 0 Å². The number of fused-ring (bicyclic) bond motifs is 1. The van der Waals surface area contributed by atoms with E-state index in [-0.39, 0.29) is 17.6 Å². The number of nitroso groups, excluding NO2 is 1. The van der Waals surface area contributed by atoms with Crippen LogP contribution in [-0.4, -0.2) is 74.6 Å². The highest BCUT2D eigenvalue weighted by Crippen LogP contribution is 2.42. The Balaban J connectivity index is 2.08. The summed E-state index contributed by atoms with van der Waals surface area (Å²) >= 11 is 3.94. The Kier molecular flexibility index (Phi) is 6.30. The van der Waals surface area contributed by atoms with Gasteiger partial charge in [-0.2, -0.15) is 0 Å². The first kappa shape index (κ1) is 21.0. The van der Waals surface area contributed by atoms with Crippen molar-refractivity contribution in [3.8, 4) is 0 Å². The number of carbonyl (C=O) groups excluding carboxylic acids is 3. The number of alkyl halides is 1. The number of nitrogens with one attached hydrogen (secondary N) is 1. The number of carbonyl (C=O) groups is 4. The number of aliphatic carboxylic acids is 1. The number of nitrogens with zero attached hydrogens (tertiary/aromatic N) is 2. The zero-order chi connectivity index (χ0) is 20.4. The number of ether oxygens (including phenoxy) is 1. The van der Waals surface area contributed by atoms with Crippen LogP contribution in [0.25, 0.3) is 0 Å². The third-order valence-electron chi connectivity index (χ3n) is 4.08. The second-order valence-electron chi connectivity index (χ2n) is 5.83. The lowest BCUT2D eigenvalue weighted by molar-refractivity contribution is -0.160. The lowest BCUT2D eigenvalue weighted by atomic mass is 9.88. The van der Waals surface area contributed by atoms with Crippen LogP contribution in [0.3, 0.4) is 0 Å². The number of aliphatic hydroxyl groups is 1. The Morgan fingerprint density at radius 3 is 2.63 bits per heavy atom. The van der Waals surface area contributed by atoms with Crippen molar-refractivity contribution in [1.82, 2.24) is 10.2 Å². The van der Waals surface area contributed by atoms with Gasteiger partial charge in [0, 0.05) is 12.3 Å². The molecule has 12 nitrogen and oxygen atoms in total. The average Bonchev–Trinajstić information content (AvgIpc) is 2.64. The minimum Gasteiger partial charge on any atom is -0.509 e. The van der Waals surface area contributed by atoms with Gasteiger partial charge in [0.15, 0.2) is 0 Å². The quantitative estimate of drug-likeness (QED) is 0.126. The van der Waals surface area contributed by atoms with E-state index in [1.807, 2.05) is 0 Å². The van der Waals surface area contributed by atoms with Gasteiger partial charge in [-0.25, -0.2) is 4.79 Å². The highest BCUT2D eigenvalue weighted by Gasteiger charge is 2.58. The third-order valence-corrected chi connectivity index (χ3v) is 6.20. The maximum Gasteiger partial charge on any atom is 0.404 e. The summed E-state index contributed by atoms with van der Waals surface area (Å²) in [5.41, 5.74) is 2.60. The number of carboxylic acids is 1. The maximum absolute atomic E-state index is 12.3. The summed E-state index contributed by atoms with van der Waals surface area (Å²) in [5, 5.41) is 23.0. The fourth-order valence-corrected chi connectivity index (χ4v) is 4.40. The zero-order valence-electron chi connectivity index (χ0n) is 13.6. The van der Waals surface area contributed by atoms with E-state index >= 15 is 0 Å². The molecule has 0 saturated carbocycles. The third kappa shape index (κ3) is 4.00. The number of hydrogen-bond acceptors (Lipinski definition) is 9. The minimum atomic E-state index is -1.52. The standard InChI is InChI=1S/C13H15BrN4O8S/c14-1-5(19)6(17-25)8(20)16-7-9(21)18-2-13(11(22)23,3-26-12(15)24)4-27-10(7)18/h7,10,19H,1-4H2,(H2,15,24)(H,16,20)(H,22,23)/t7?,10-,13?/m1/s1. The van der Waals surface area contributed by atoms with E-state index in [1.165, 1.54) is 4.90 Å². The summed E-state index contributed by atoms with van der Waals surface area (Å²) in [6.07, 6.45) is -1.13. The summed E-state index contributed by atoms with van der Waals surface area (Å²) in [6.45, 7) is -0.737. The molecule has 2 unspecified atom stereocenters. The normalized spacial score (nSPS) is 27.6. The largest absolute Gasteiger partial charge is 0.509 e. The monoisotopic (exact) mass is 466 g/mol. The number of rotatable bonds is 7. The van der Waals surface area contributed by atoms with E-state index in [2.05, 4.69) is 31.2 Å². The first-order valence-electron chi connectivity index (χ1n) is 7.37. The van der Waals surface area contributed by atoms with E-state index in [9.17, 15) is 34.3 Å². The number of thioether (sulfide) groups is 1. The van der Waals surface area contributed by atoms with E-state index in [0.717, 1.165) is 11.8 Å². The number of nitrogens with two attached hydrogens (primary N) is 1. The van der Waals surface area contributed by atoms with E-state index in [0.29, 0.717) is 0 Å².